The Morgan fingerprint density at radius 2 is 2.02 bits per heavy atom. The number of aliphatic hydroxyl groups excluding tert-OH is 1. The summed E-state index contributed by atoms with van der Waals surface area (Å²) in [6.45, 7) is 3.14. The predicted octanol–water partition coefficient (Wildman–Crippen LogP) is 4.22. The standard InChI is InChI=1S/C30H32N6O5/c1-19-3-5-22(18-37)36(17-19)29(38)24-6-8-27(34-28(24)39-2)35-30-32-12-9-25(33-30)20-4-7-26(21(15-20)16-31)41-23-10-13-40-14-11-23/h4,6-9,12,15,17,22-23,37H,3,5,10-11,13-14,18H2,1-2H3,(H,32,33,34,35). The van der Waals surface area contributed by atoms with Crippen LogP contribution in [0.3, 0.4) is 0 Å². The van der Waals surface area contributed by atoms with Crippen molar-refractivity contribution >= 4 is 17.7 Å². The quantitative estimate of drug-likeness (QED) is 0.414. The number of nitriles is 1. The molecule has 4 heterocycles. The first-order chi connectivity index (χ1) is 20.0. The van der Waals surface area contributed by atoms with Gasteiger partial charge in [0, 0.05) is 30.8 Å². The zero-order valence-electron chi connectivity index (χ0n) is 23.0. The summed E-state index contributed by atoms with van der Waals surface area (Å²) in [6.07, 6.45) is 6.52. The number of hydrogen-bond donors (Lipinski definition) is 2. The molecule has 0 saturated carbocycles. The van der Waals surface area contributed by atoms with Gasteiger partial charge in [0.25, 0.3) is 5.91 Å². The second-order valence-corrected chi connectivity index (χ2v) is 9.96. The zero-order chi connectivity index (χ0) is 28.8. The Morgan fingerprint density at radius 1 is 1.20 bits per heavy atom. The summed E-state index contributed by atoms with van der Waals surface area (Å²) in [5, 5.41) is 22.6. The molecule has 41 heavy (non-hydrogen) atoms. The van der Waals surface area contributed by atoms with Crippen LogP contribution < -0.4 is 14.8 Å². The third-order valence-corrected chi connectivity index (χ3v) is 7.11. The van der Waals surface area contributed by atoms with Crippen molar-refractivity contribution in [2.24, 2.45) is 0 Å². The molecule has 1 aromatic carbocycles. The van der Waals surface area contributed by atoms with Gasteiger partial charge in [-0.15, -0.1) is 0 Å². The Kier molecular flexibility index (Phi) is 8.72. The van der Waals surface area contributed by atoms with Gasteiger partial charge in [-0.1, -0.05) is 5.57 Å². The number of amides is 1. The first-order valence-electron chi connectivity index (χ1n) is 13.5. The maximum atomic E-state index is 13.3. The highest BCUT2D eigenvalue weighted by molar-refractivity contribution is 5.97. The molecule has 0 spiro atoms. The minimum Gasteiger partial charge on any atom is -0.489 e. The largest absolute Gasteiger partial charge is 0.489 e. The number of aromatic nitrogens is 3. The molecule has 2 N–H and O–H groups in total. The zero-order valence-corrected chi connectivity index (χ0v) is 23.0. The average Bonchev–Trinajstić information content (AvgIpc) is 3.01. The molecule has 3 aromatic rings. The number of ether oxygens (including phenoxy) is 3. The van der Waals surface area contributed by atoms with Crippen LogP contribution in [0.4, 0.5) is 11.8 Å². The van der Waals surface area contributed by atoms with E-state index in [0.29, 0.717) is 42.5 Å². The normalized spacial score (nSPS) is 17.4. The number of nitrogens with one attached hydrogen (secondary N) is 1. The predicted molar refractivity (Wildman–Crippen MR) is 151 cm³/mol. The second-order valence-electron chi connectivity index (χ2n) is 9.96. The van der Waals surface area contributed by atoms with E-state index < -0.39 is 0 Å². The van der Waals surface area contributed by atoms with Crippen molar-refractivity contribution in [1.29, 1.82) is 5.26 Å². The molecule has 1 amide bonds. The highest BCUT2D eigenvalue weighted by Gasteiger charge is 2.28. The Labute approximate surface area is 238 Å². The van der Waals surface area contributed by atoms with Crippen molar-refractivity contribution in [3.05, 3.63) is 65.5 Å². The van der Waals surface area contributed by atoms with Crippen molar-refractivity contribution in [3.8, 4) is 29.0 Å². The van der Waals surface area contributed by atoms with Gasteiger partial charge in [0.15, 0.2) is 0 Å². The Bertz CT molecular complexity index is 1480. The molecule has 2 aromatic heterocycles. The molecule has 5 rings (SSSR count). The molecular formula is C30H32N6O5. The van der Waals surface area contributed by atoms with Crippen LogP contribution in [0.5, 0.6) is 11.6 Å². The van der Waals surface area contributed by atoms with E-state index in [1.165, 1.54) is 7.11 Å². The number of carbonyl (C=O) groups excluding carboxylic acids is 1. The van der Waals surface area contributed by atoms with E-state index in [1.54, 1.807) is 47.6 Å². The van der Waals surface area contributed by atoms with Gasteiger partial charge in [0.2, 0.25) is 11.8 Å². The van der Waals surface area contributed by atoms with Gasteiger partial charge in [-0.2, -0.15) is 10.2 Å². The molecule has 1 atom stereocenters. The topological polar surface area (TPSA) is 143 Å². The van der Waals surface area contributed by atoms with Gasteiger partial charge in [-0.05, 0) is 56.2 Å². The number of aliphatic hydroxyl groups is 1. The SMILES string of the molecule is COc1nc(Nc2nccc(-c3ccc(OC4CCOCC4)c(C#N)c3)n2)ccc1C(=O)N1C=C(C)CCC1CO. The number of pyridine rings is 1. The highest BCUT2D eigenvalue weighted by atomic mass is 16.5. The summed E-state index contributed by atoms with van der Waals surface area (Å²) in [4.78, 5) is 28.2. The lowest BCUT2D eigenvalue weighted by molar-refractivity contribution is 0.0254. The van der Waals surface area contributed by atoms with Crippen LogP contribution in [0.2, 0.25) is 0 Å². The number of methoxy groups -OCH3 is 1. The van der Waals surface area contributed by atoms with E-state index in [1.807, 2.05) is 13.0 Å². The molecule has 212 valence electrons. The second kappa shape index (κ2) is 12.8. The molecule has 1 saturated heterocycles. The van der Waals surface area contributed by atoms with Crippen LogP contribution >= 0.6 is 0 Å². The maximum absolute atomic E-state index is 13.3. The molecule has 1 fully saturated rings. The van der Waals surface area contributed by atoms with Crippen LogP contribution in [-0.4, -0.2) is 69.9 Å². The number of allylic oxidation sites excluding steroid dienone is 1. The number of benzene rings is 1. The van der Waals surface area contributed by atoms with Gasteiger partial charge in [0.1, 0.15) is 29.3 Å². The fraction of sp³-hybridized carbons (Fsp3) is 0.367. The lowest BCUT2D eigenvalue weighted by atomic mass is 10.0. The number of rotatable bonds is 8. The number of hydrogen-bond acceptors (Lipinski definition) is 10. The first-order valence-corrected chi connectivity index (χ1v) is 13.5. The van der Waals surface area contributed by atoms with Gasteiger partial charge in [-0.3, -0.25) is 4.79 Å². The lowest BCUT2D eigenvalue weighted by Gasteiger charge is -2.32. The fourth-order valence-corrected chi connectivity index (χ4v) is 4.86. The number of carbonyl (C=O) groups is 1. The van der Waals surface area contributed by atoms with E-state index in [4.69, 9.17) is 14.2 Å². The molecule has 2 aliphatic heterocycles. The fourth-order valence-electron chi connectivity index (χ4n) is 4.86. The van der Waals surface area contributed by atoms with Gasteiger partial charge >= 0.3 is 0 Å². The van der Waals surface area contributed by atoms with E-state index in [0.717, 1.165) is 30.4 Å². The monoisotopic (exact) mass is 556 g/mol. The minimum atomic E-state index is -0.297. The Hall–Kier alpha value is -4.53. The summed E-state index contributed by atoms with van der Waals surface area (Å²) in [6, 6.07) is 12.4. The summed E-state index contributed by atoms with van der Waals surface area (Å²) < 4.78 is 16.9. The van der Waals surface area contributed by atoms with Gasteiger partial charge in [-0.25, -0.2) is 9.97 Å². The van der Waals surface area contributed by atoms with Crippen LogP contribution in [0.15, 0.2) is 54.4 Å². The molecule has 1 unspecified atom stereocenters. The summed E-state index contributed by atoms with van der Waals surface area (Å²) in [5.41, 5.74) is 3.12. The third kappa shape index (κ3) is 6.45. The first kappa shape index (κ1) is 28.0. The molecule has 0 radical (unpaired) electrons. The smallest absolute Gasteiger partial charge is 0.263 e. The van der Waals surface area contributed by atoms with Crippen LogP contribution in [0.25, 0.3) is 11.3 Å². The van der Waals surface area contributed by atoms with Crippen LogP contribution in [0, 0.1) is 11.3 Å². The maximum Gasteiger partial charge on any atom is 0.263 e. The summed E-state index contributed by atoms with van der Waals surface area (Å²) in [5.74, 6) is 1.06. The van der Waals surface area contributed by atoms with E-state index >= 15 is 0 Å². The highest BCUT2D eigenvalue weighted by Crippen LogP contribution is 2.29. The van der Waals surface area contributed by atoms with Crippen molar-refractivity contribution in [1.82, 2.24) is 19.9 Å². The molecule has 11 nitrogen and oxygen atoms in total. The van der Waals surface area contributed by atoms with Gasteiger partial charge < -0.3 is 29.5 Å². The molecular weight excluding hydrogens is 524 g/mol. The number of nitrogens with zero attached hydrogens (tertiary/aromatic N) is 5. The molecule has 0 aliphatic carbocycles. The van der Waals surface area contributed by atoms with Crippen molar-refractivity contribution in [3.63, 3.8) is 0 Å². The van der Waals surface area contributed by atoms with E-state index in [9.17, 15) is 15.2 Å². The van der Waals surface area contributed by atoms with E-state index in [-0.39, 0.29) is 42.1 Å². The summed E-state index contributed by atoms with van der Waals surface area (Å²) in [7, 11) is 1.45. The molecule has 11 heteroatoms. The molecule has 2 aliphatic rings. The lowest BCUT2D eigenvalue weighted by Crippen LogP contribution is -2.41. The van der Waals surface area contributed by atoms with Crippen molar-refractivity contribution < 1.29 is 24.1 Å². The van der Waals surface area contributed by atoms with Crippen LogP contribution in [-0.2, 0) is 4.74 Å². The summed E-state index contributed by atoms with van der Waals surface area (Å²) >= 11 is 0. The van der Waals surface area contributed by atoms with Crippen LogP contribution in [0.1, 0.15) is 48.5 Å². The van der Waals surface area contributed by atoms with Gasteiger partial charge in [0.05, 0.1) is 44.2 Å². The average molecular weight is 557 g/mol. The van der Waals surface area contributed by atoms with Crippen molar-refractivity contribution in [2.45, 2.75) is 44.8 Å². The third-order valence-electron chi connectivity index (χ3n) is 7.11. The number of anilines is 2. The Balaban J connectivity index is 1.34. The Morgan fingerprint density at radius 3 is 2.78 bits per heavy atom. The van der Waals surface area contributed by atoms with E-state index in [2.05, 4.69) is 26.3 Å². The van der Waals surface area contributed by atoms with Crippen molar-refractivity contribution in [2.75, 3.05) is 32.2 Å². The molecule has 0 bridgehead atoms. The minimum absolute atomic E-state index is 0.0271.